The van der Waals surface area contributed by atoms with Crippen LogP contribution in [0.25, 0.3) is 110 Å². The van der Waals surface area contributed by atoms with E-state index in [2.05, 4.69) is 146 Å². The lowest BCUT2D eigenvalue weighted by Gasteiger charge is -2.18. The van der Waals surface area contributed by atoms with Gasteiger partial charge in [0.1, 0.15) is 22.3 Å². The molecule has 0 fully saturated rings. The molecule has 0 aliphatic carbocycles. The van der Waals surface area contributed by atoms with E-state index >= 15 is 0 Å². The van der Waals surface area contributed by atoms with Gasteiger partial charge in [0.25, 0.3) is 0 Å². The largest absolute Gasteiger partial charge is 0.456 e. The van der Waals surface area contributed by atoms with Gasteiger partial charge in [-0.1, -0.05) is 127 Å². The first-order valence-corrected chi connectivity index (χ1v) is 17.1. The lowest BCUT2D eigenvalue weighted by Crippen LogP contribution is -1.91. The van der Waals surface area contributed by atoms with Crippen molar-refractivity contribution in [1.29, 1.82) is 0 Å². The van der Waals surface area contributed by atoms with E-state index in [1.807, 2.05) is 24.3 Å². The van der Waals surface area contributed by atoms with E-state index in [9.17, 15) is 0 Å². The molecule has 0 spiro atoms. The molecule has 0 aliphatic rings. The van der Waals surface area contributed by atoms with Crippen molar-refractivity contribution >= 4 is 76.2 Å². The van der Waals surface area contributed by atoms with Crippen molar-refractivity contribution in [2.75, 3.05) is 0 Å². The van der Waals surface area contributed by atoms with Crippen LogP contribution in [0.3, 0.4) is 0 Å². The third-order valence-corrected chi connectivity index (χ3v) is 10.4. The van der Waals surface area contributed by atoms with Crippen LogP contribution in [0.4, 0.5) is 0 Å². The highest BCUT2D eigenvalue weighted by Gasteiger charge is 2.20. The lowest BCUT2D eigenvalue weighted by molar-refractivity contribution is 0.663. The molecule has 9 aromatic carbocycles. The summed E-state index contributed by atoms with van der Waals surface area (Å²) in [6.07, 6.45) is 0. The maximum absolute atomic E-state index is 6.45. The van der Waals surface area contributed by atoms with Gasteiger partial charge in [-0.3, -0.25) is 0 Å². The standard InChI is InChI=1S/C48H28O2/c1-2-10-29(11-3-1)30-18-19-32-27-33(21-20-31(32)26-30)45-35-12-4-6-14-37(35)46(38-15-7-5-13-36(38)45)34-22-23-42-40(28-34)48-44(50-42)25-24-43-47(48)39-16-8-9-17-41(39)49-43/h1-28H. The predicted octanol–water partition coefficient (Wildman–Crippen LogP) is 13.9. The van der Waals surface area contributed by atoms with Crippen LogP contribution in [0.1, 0.15) is 0 Å². The fourth-order valence-electron chi connectivity index (χ4n) is 8.20. The molecule has 11 aromatic rings. The molecule has 0 amide bonds. The molecule has 0 saturated heterocycles. The van der Waals surface area contributed by atoms with Gasteiger partial charge in [-0.2, -0.15) is 0 Å². The van der Waals surface area contributed by atoms with E-state index in [-0.39, 0.29) is 0 Å². The molecular formula is C48H28O2. The van der Waals surface area contributed by atoms with Crippen LogP contribution in [-0.2, 0) is 0 Å². The summed E-state index contributed by atoms with van der Waals surface area (Å²) in [4.78, 5) is 0. The Morgan fingerprint density at radius 3 is 1.34 bits per heavy atom. The molecular weight excluding hydrogens is 609 g/mol. The first kappa shape index (κ1) is 27.3. The third kappa shape index (κ3) is 3.96. The number of hydrogen-bond acceptors (Lipinski definition) is 2. The molecule has 0 unspecified atom stereocenters. The number of rotatable bonds is 3. The molecule has 232 valence electrons. The lowest BCUT2D eigenvalue weighted by atomic mass is 9.85. The van der Waals surface area contributed by atoms with Gasteiger partial charge in [0.15, 0.2) is 0 Å². The Kier molecular flexibility index (Phi) is 5.70. The van der Waals surface area contributed by atoms with Crippen LogP contribution in [0.5, 0.6) is 0 Å². The average molecular weight is 637 g/mol. The Labute approximate surface area is 287 Å². The monoisotopic (exact) mass is 636 g/mol. The molecule has 0 atom stereocenters. The van der Waals surface area contributed by atoms with Gasteiger partial charge in [0, 0.05) is 21.5 Å². The van der Waals surface area contributed by atoms with E-state index in [1.165, 1.54) is 60.1 Å². The molecule has 2 aromatic heterocycles. The highest BCUT2D eigenvalue weighted by Crippen LogP contribution is 2.46. The fourth-order valence-corrected chi connectivity index (χ4v) is 8.20. The van der Waals surface area contributed by atoms with Crippen molar-refractivity contribution in [2.45, 2.75) is 0 Å². The van der Waals surface area contributed by atoms with E-state index in [1.54, 1.807) is 0 Å². The van der Waals surface area contributed by atoms with Gasteiger partial charge in [0.2, 0.25) is 0 Å². The van der Waals surface area contributed by atoms with E-state index in [0.29, 0.717) is 0 Å². The quantitative estimate of drug-likeness (QED) is 0.180. The Balaban J connectivity index is 1.16. The van der Waals surface area contributed by atoms with Crippen LogP contribution < -0.4 is 0 Å². The predicted molar refractivity (Wildman–Crippen MR) is 210 cm³/mol. The highest BCUT2D eigenvalue weighted by atomic mass is 16.3. The summed E-state index contributed by atoms with van der Waals surface area (Å²) in [5.74, 6) is 0. The molecule has 50 heavy (non-hydrogen) atoms. The highest BCUT2D eigenvalue weighted by molar-refractivity contribution is 6.27. The van der Waals surface area contributed by atoms with Crippen LogP contribution in [0.2, 0.25) is 0 Å². The maximum Gasteiger partial charge on any atom is 0.136 e. The molecule has 0 saturated carbocycles. The first-order chi connectivity index (χ1) is 24.8. The van der Waals surface area contributed by atoms with Crippen molar-refractivity contribution < 1.29 is 8.83 Å². The average Bonchev–Trinajstić information content (AvgIpc) is 3.74. The van der Waals surface area contributed by atoms with Crippen LogP contribution >= 0.6 is 0 Å². The number of hydrogen-bond donors (Lipinski definition) is 0. The summed E-state index contributed by atoms with van der Waals surface area (Å²) in [7, 11) is 0. The zero-order valence-corrected chi connectivity index (χ0v) is 27.0. The summed E-state index contributed by atoms with van der Waals surface area (Å²) >= 11 is 0. The van der Waals surface area contributed by atoms with Crippen LogP contribution in [0, 0.1) is 0 Å². The SMILES string of the molecule is c1ccc(-c2ccc3cc(-c4c5ccccc5c(-c5ccc6oc7ccc8oc9ccccc9c8c7c6c5)c5ccccc45)ccc3c2)cc1. The van der Waals surface area contributed by atoms with Gasteiger partial charge in [-0.05, 0) is 108 Å². The Bertz CT molecular complexity index is 3080. The molecule has 0 bridgehead atoms. The topological polar surface area (TPSA) is 26.3 Å². The van der Waals surface area contributed by atoms with Crippen LogP contribution in [0.15, 0.2) is 179 Å². The minimum absolute atomic E-state index is 0.869. The smallest absolute Gasteiger partial charge is 0.136 e. The van der Waals surface area contributed by atoms with E-state index < -0.39 is 0 Å². The normalized spacial score (nSPS) is 12.0. The van der Waals surface area contributed by atoms with Gasteiger partial charge in [0.05, 0.1) is 0 Å². The summed E-state index contributed by atoms with van der Waals surface area (Å²) in [6.45, 7) is 0. The first-order valence-electron chi connectivity index (χ1n) is 17.1. The van der Waals surface area contributed by atoms with E-state index in [4.69, 9.17) is 8.83 Å². The molecule has 11 rings (SSSR count). The Hall–Kier alpha value is -6.64. The van der Waals surface area contributed by atoms with Crippen molar-refractivity contribution in [3.63, 3.8) is 0 Å². The van der Waals surface area contributed by atoms with Crippen molar-refractivity contribution in [2.24, 2.45) is 0 Å². The van der Waals surface area contributed by atoms with Gasteiger partial charge >= 0.3 is 0 Å². The third-order valence-electron chi connectivity index (χ3n) is 10.4. The molecule has 0 N–H and O–H groups in total. The van der Waals surface area contributed by atoms with Crippen molar-refractivity contribution in [1.82, 2.24) is 0 Å². The number of fused-ring (bicyclic) bond motifs is 10. The minimum atomic E-state index is 0.869. The summed E-state index contributed by atoms with van der Waals surface area (Å²) in [5.41, 5.74) is 10.8. The summed E-state index contributed by atoms with van der Waals surface area (Å²) < 4.78 is 12.7. The van der Waals surface area contributed by atoms with Gasteiger partial charge in [-0.15, -0.1) is 0 Å². The number of furan rings is 2. The van der Waals surface area contributed by atoms with Crippen LogP contribution in [-0.4, -0.2) is 0 Å². The Morgan fingerprint density at radius 1 is 0.260 bits per heavy atom. The van der Waals surface area contributed by atoms with Crippen molar-refractivity contribution in [3.8, 4) is 33.4 Å². The van der Waals surface area contributed by atoms with E-state index in [0.717, 1.165) is 49.4 Å². The number of para-hydroxylation sites is 1. The second kappa shape index (κ2) is 10.4. The number of benzene rings is 9. The molecule has 2 heteroatoms. The zero-order chi connectivity index (χ0) is 32.8. The summed E-state index contributed by atoms with van der Waals surface area (Å²) in [5, 5.41) is 11.8. The van der Waals surface area contributed by atoms with Gasteiger partial charge < -0.3 is 8.83 Å². The maximum atomic E-state index is 6.45. The van der Waals surface area contributed by atoms with Crippen molar-refractivity contribution in [3.05, 3.63) is 170 Å². The molecule has 2 nitrogen and oxygen atoms in total. The molecule has 0 aliphatic heterocycles. The minimum Gasteiger partial charge on any atom is -0.456 e. The fraction of sp³-hybridized carbons (Fsp3) is 0. The molecule has 2 heterocycles. The van der Waals surface area contributed by atoms with Gasteiger partial charge in [-0.25, -0.2) is 0 Å². The molecule has 0 radical (unpaired) electrons. The summed E-state index contributed by atoms with van der Waals surface area (Å²) in [6, 6.07) is 61.0. The second-order valence-electron chi connectivity index (χ2n) is 13.2. The Morgan fingerprint density at radius 2 is 0.700 bits per heavy atom. The zero-order valence-electron chi connectivity index (χ0n) is 27.0. The second-order valence-corrected chi connectivity index (χ2v) is 13.2.